The van der Waals surface area contributed by atoms with Gasteiger partial charge < -0.3 is 10.8 Å². The second kappa shape index (κ2) is 9.80. The van der Waals surface area contributed by atoms with Crippen LogP contribution in [0.3, 0.4) is 0 Å². The van der Waals surface area contributed by atoms with Gasteiger partial charge in [0.15, 0.2) is 0 Å². The van der Waals surface area contributed by atoms with E-state index in [0.717, 1.165) is 24.7 Å². The lowest BCUT2D eigenvalue weighted by Crippen LogP contribution is -2.11. The van der Waals surface area contributed by atoms with Gasteiger partial charge >= 0.3 is 0 Å². The van der Waals surface area contributed by atoms with Crippen LogP contribution in [-0.4, -0.2) is 18.0 Å². The first-order valence-electron chi connectivity index (χ1n) is 6.46. The van der Waals surface area contributed by atoms with Crippen LogP contribution < -0.4 is 5.73 Å². The van der Waals surface area contributed by atoms with Crippen molar-refractivity contribution in [1.29, 1.82) is 0 Å². The number of hydrogen-bond donors (Lipinski definition) is 2. The Kier molecular flexibility index (Phi) is 9.15. The molecule has 0 heterocycles. The van der Waals surface area contributed by atoms with E-state index in [1.807, 2.05) is 24.3 Å². The molecule has 3 heteroatoms. The average molecular weight is 251 g/mol. The van der Waals surface area contributed by atoms with Gasteiger partial charge in [-0.25, -0.2) is 0 Å². The van der Waals surface area contributed by atoms with E-state index < -0.39 is 0 Å². The molecule has 18 heavy (non-hydrogen) atoms. The van der Waals surface area contributed by atoms with Crippen LogP contribution >= 0.6 is 0 Å². The zero-order chi connectivity index (χ0) is 14.0. The van der Waals surface area contributed by atoms with Crippen LogP contribution in [0.5, 0.6) is 0 Å². The van der Waals surface area contributed by atoms with E-state index in [4.69, 9.17) is 10.8 Å². The van der Waals surface area contributed by atoms with Crippen molar-refractivity contribution in [1.82, 2.24) is 0 Å². The number of carbonyl (C=O) groups excluding carboxylic acids is 1. The monoisotopic (exact) mass is 251 g/mol. The molecule has 0 fully saturated rings. The van der Waals surface area contributed by atoms with Crippen LogP contribution in [0.1, 0.15) is 55.6 Å². The third kappa shape index (κ3) is 7.20. The smallest absolute Gasteiger partial charge is 0.150 e. The van der Waals surface area contributed by atoms with Crippen molar-refractivity contribution in [2.45, 2.75) is 39.7 Å². The number of aliphatic hydroxyl groups excluding tert-OH is 1. The van der Waals surface area contributed by atoms with E-state index in [0.29, 0.717) is 11.5 Å². The Hall–Kier alpha value is -1.19. The molecule has 102 valence electrons. The van der Waals surface area contributed by atoms with E-state index in [9.17, 15) is 4.79 Å². The summed E-state index contributed by atoms with van der Waals surface area (Å²) in [7, 11) is 0. The Morgan fingerprint density at radius 3 is 2.11 bits per heavy atom. The van der Waals surface area contributed by atoms with E-state index in [2.05, 4.69) is 13.8 Å². The van der Waals surface area contributed by atoms with Gasteiger partial charge in [0.1, 0.15) is 6.29 Å². The van der Waals surface area contributed by atoms with Crippen LogP contribution in [0, 0.1) is 5.92 Å². The first-order valence-corrected chi connectivity index (χ1v) is 6.46. The van der Waals surface area contributed by atoms with Crippen molar-refractivity contribution in [3.8, 4) is 0 Å². The van der Waals surface area contributed by atoms with Gasteiger partial charge in [-0.3, -0.25) is 4.79 Å². The summed E-state index contributed by atoms with van der Waals surface area (Å²) in [6, 6.07) is 7.60. The minimum atomic E-state index is 0.0908. The fourth-order valence-corrected chi connectivity index (χ4v) is 1.50. The van der Waals surface area contributed by atoms with Gasteiger partial charge in [0, 0.05) is 18.2 Å². The molecule has 0 amide bonds. The number of hydrogen-bond acceptors (Lipinski definition) is 3. The van der Waals surface area contributed by atoms with Crippen LogP contribution in [0.25, 0.3) is 0 Å². The third-order valence-corrected chi connectivity index (χ3v) is 2.56. The Labute approximate surface area is 110 Å². The second-order valence-electron chi connectivity index (χ2n) is 4.68. The zero-order valence-electron chi connectivity index (χ0n) is 11.6. The average Bonchev–Trinajstić information content (AvgIpc) is 2.37. The predicted molar refractivity (Wildman–Crippen MR) is 75.6 cm³/mol. The molecule has 0 spiro atoms. The zero-order valence-corrected chi connectivity index (χ0v) is 11.6. The SMILES string of the molecule is CC(C)CCC(N)c1ccc(C=O)cc1.CCO. The highest BCUT2D eigenvalue weighted by atomic mass is 16.2. The highest BCUT2D eigenvalue weighted by Gasteiger charge is 2.06. The van der Waals surface area contributed by atoms with E-state index in [-0.39, 0.29) is 12.6 Å². The Bertz CT molecular complexity index is 320. The first-order chi connectivity index (χ1) is 8.54. The summed E-state index contributed by atoms with van der Waals surface area (Å²) < 4.78 is 0. The van der Waals surface area contributed by atoms with Gasteiger partial charge in [0.05, 0.1) is 0 Å². The number of nitrogens with two attached hydrogens (primary N) is 1. The number of carbonyl (C=O) groups is 1. The number of benzene rings is 1. The van der Waals surface area contributed by atoms with Gasteiger partial charge in [-0.15, -0.1) is 0 Å². The molecule has 3 nitrogen and oxygen atoms in total. The highest BCUT2D eigenvalue weighted by molar-refractivity contribution is 5.74. The maximum absolute atomic E-state index is 10.5. The van der Waals surface area contributed by atoms with Gasteiger partial charge in [0.2, 0.25) is 0 Å². The lowest BCUT2D eigenvalue weighted by molar-refractivity contribution is 0.112. The van der Waals surface area contributed by atoms with Gasteiger partial charge in [-0.2, -0.15) is 0 Å². The standard InChI is InChI=1S/C13H19NO.C2H6O/c1-10(2)3-8-13(14)12-6-4-11(9-15)5-7-12;1-2-3/h4-7,9-10,13H,3,8,14H2,1-2H3;3H,2H2,1H3. The van der Waals surface area contributed by atoms with Crippen molar-refractivity contribution >= 4 is 6.29 Å². The molecule has 0 aliphatic rings. The largest absolute Gasteiger partial charge is 0.397 e. The van der Waals surface area contributed by atoms with Gasteiger partial charge in [-0.05, 0) is 31.2 Å². The number of aliphatic hydroxyl groups is 1. The second-order valence-corrected chi connectivity index (χ2v) is 4.68. The molecule has 3 N–H and O–H groups in total. The van der Waals surface area contributed by atoms with Crippen molar-refractivity contribution in [3.05, 3.63) is 35.4 Å². The summed E-state index contributed by atoms with van der Waals surface area (Å²) in [5.74, 6) is 0.685. The van der Waals surface area contributed by atoms with E-state index in [1.165, 1.54) is 0 Å². The van der Waals surface area contributed by atoms with Crippen molar-refractivity contribution in [3.63, 3.8) is 0 Å². The minimum Gasteiger partial charge on any atom is -0.397 e. The molecule has 0 saturated carbocycles. The number of aldehydes is 1. The minimum absolute atomic E-state index is 0.0908. The molecule has 0 aliphatic carbocycles. The molecule has 1 aromatic carbocycles. The summed E-state index contributed by atoms with van der Waals surface area (Å²) in [5, 5.41) is 7.57. The lowest BCUT2D eigenvalue weighted by atomic mass is 9.98. The van der Waals surface area contributed by atoms with Gasteiger partial charge in [0.25, 0.3) is 0 Å². The van der Waals surface area contributed by atoms with Crippen LogP contribution in [0.4, 0.5) is 0 Å². The van der Waals surface area contributed by atoms with Crippen molar-refractivity contribution < 1.29 is 9.90 Å². The quantitative estimate of drug-likeness (QED) is 0.791. The van der Waals surface area contributed by atoms with Crippen molar-refractivity contribution in [2.75, 3.05) is 6.61 Å². The summed E-state index contributed by atoms with van der Waals surface area (Å²) in [5.41, 5.74) is 7.86. The van der Waals surface area contributed by atoms with Gasteiger partial charge in [-0.1, -0.05) is 38.1 Å². The van der Waals surface area contributed by atoms with Crippen LogP contribution in [0.15, 0.2) is 24.3 Å². The summed E-state index contributed by atoms with van der Waals surface area (Å²) >= 11 is 0. The van der Waals surface area contributed by atoms with Crippen molar-refractivity contribution in [2.24, 2.45) is 11.7 Å². The molecule has 1 aromatic rings. The molecule has 0 bridgehead atoms. The maximum Gasteiger partial charge on any atom is 0.150 e. The molecule has 0 aliphatic heterocycles. The Morgan fingerprint density at radius 1 is 1.22 bits per heavy atom. The topological polar surface area (TPSA) is 63.3 Å². The predicted octanol–water partition coefficient (Wildman–Crippen LogP) is 2.93. The molecule has 1 atom stereocenters. The van der Waals surface area contributed by atoms with Crippen LogP contribution in [-0.2, 0) is 0 Å². The summed E-state index contributed by atoms with van der Waals surface area (Å²) in [4.78, 5) is 10.5. The summed E-state index contributed by atoms with van der Waals surface area (Å²) in [6.07, 6.45) is 2.98. The molecule has 0 aromatic heterocycles. The molecule has 0 saturated heterocycles. The molecule has 1 unspecified atom stereocenters. The fourth-order valence-electron chi connectivity index (χ4n) is 1.50. The maximum atomic E-state index is 10.5. The van der Waals surface area contributed by atoms with E-state index in [1.54, 1.807) is 6.92 Å². The Morgan fingerprint density at radius 2 is 1.72 bits per heavy atom. The normalized spacial score (nSPS) is 11.7. The molecular weight excluding hydrogens is 226 g/mol. The lowest BCUT2D eigenvalue weighted by Gasteiger charge is -2.13. The molecule has 0 radical (unpaired) electrons. The fraction of sp³-hybridized carbons (Fsp3) is 0.533. The highest BCUT2D eigenvalue weighted by Crippen LogP contribution is 2.18. The van der Waals surface area contributed by atoms with Crippen LogP contribution in [0.2, 0.25) is 0 Å². The summed E-state index contributed by atoms with van der Waals surface area (Å²) in [6.45, 7) is 6.32. The third-order valence-electron chi connectivity index (χ3n) is 2.56. The molecular formula is C15H25NO2. The Balaban J connectivity index is 0.000000873. The number of rotatable bonds is 5. The molecule has 1 rings (SSSR count). The first kappa shape index (κ1) is 16.8. The van der Waals surface area contributed by atoms with E-state index >= 15 is 0 Å².